The van der Waals surface area contributed by atoms with E-state index in [4.69, 9.17) is 9.47 Å². The molecule has 0 aliphatic heterocycles. The van der Waals surface area contributed by atoms with Crippen LogP contribution in [0.4, 0.5) is 0 Å². The van der Waals surface area contributed by atoms with E-state index in [1.54, 1.807) is 6.08 Å². The van der Waals surface area contributed by atoms with Crippen molar-refractivity contribution in [2.24, 2.45) is 0 Å². The van der Waals surface area contributed by atoms with E-state index >= 15 is 0 Å². The van der Waals surface area contributed by atoms with E-state index in [9.17, 15) is 9.59 Å². The minimum absolute atomic E-state index is 0.211. The highest BCUT2D eigenvalue weighted by Gasteiger charge is 2.30. The van der Waals surface area contributed by atoms with Crippen molar-refractivity contribution in [3.05, 3.63) is 68.9 Å². The molecule has 0 saturated heterocycles. The molecule has 0 spiro atoms. The Hall–Kier alpha value is -2.62. The molecule has 0 heterocycles. The van der Waals surface area contributed by atoms with E-state index < -0.39 is 11.9 Å². The molecule has 0 bridgehead atoms. The molecular formula is C20H22O4. The maximum absolute atomic E-state index is 12.5. The Morgan fingerprint density at radius 2 is 1.38 bits per heavy atom. The smallest absolute Gasteiger partial charge is 0.339 e. The lowest BCUT2D eigenvalue weighted by Crippen LogP contribution is -2.16. The summed E-state index contributed by atoms with van der Waals surface area (Å²) in [5.41, 5.74) is 5.94. The van der Waals surface area contributed by atoms with Crippen LogP contribution in [0.3, 0.4) is 0 Å². The molecule has 0 fully saturated rings. The molecule has 0 aromatic carbocycles. The van der Waals surface area contributed by atoms with Crippen LogP contribution < -0.4 is 0 Å². The summed E-state index contributed by atoms with van der Waals surface area (Å²) < 4.78 is 9.86. The quantitative estimate of drug-likeness (QED) is 0.725. The van der Waals surface area contributed by atoms with Gasteiger partial charge in [0, 0.05) is 5.57 Å². The molecular weight excluding hydrogens is 304 g/mol. The number of carbonyl (C=O) groups is 2. The number of carbonyl (C=O) groups excluding carboxylic acids is 2. The number of esters is 2. The second kappa shape index (κ2) is 6.87. The lowest BCUT2D eigenvalue weighted by atomic mass is 9.88. The summed E-state index contributed by atoms with van der Waals surface area (Å²) in [4.78, 5) is 24.8. The van der Waals surface area contributed by atoms with E-state index in [0.717, 1.165) is 27.9 Å². The molecule has 0 N–H and O–H groups in total. The minimum Gasteiger partial charge on any atom is -0.465 e. The van der Waals surface area contributed by atoms with E-state index in [-0.39, 0.29) is 11.1 Å². The number of allylic oxidation sites excluding steroid dienone is 8. The van der Waals surface area contributed by atoms with Gasteiger partial charge in [0.2, 0.25) is 0 Å². The fourth-order valence-electron chi connectivity index (χ4n) is 3.09. The van der Waals surface area contributed by atoms with E-state index in [1.165, 1.54) is 14.2 Å². The fraction of sp³-hybridized carbons (Fsp3) is 0.300. The van der Waals surface area contributed by atoms with Crippen molar-refractivity contribution in [2.75, 3.05) is 14.2 Å². The predicted octanol–water partition coefficient (Wildman–Crippen LogP) is 3.74. The SMILES string of the molecule is COC(=O)C1=C(C(=O)OC)C2=C(C)C=C(C)C=C(C)C2=CC(C)=C1. The van der Waals surface area contributed by atoms with Crippen molar-refractivity contribution in [1.29, 1.82) is 0 Å². The number of rotatable bonds is 2. The van der Waals surface area contributed by atoms with Crippen LogP contribution >= 0.6 is 0 Å². The van der Waals surface area contributed by atoms with Gasteiger partial charge in [0.05, 0.1) is 25.4 Å². The van der Waals surface area contributed by atoms with Gasteiger partial charge in [0.1, 0.15) is 0 Å². The van der Waals surface area contributed by atoms with Crippen LogP contribution in [-0.2, 0) is 19.1 Å². The first-order valence-electron chi connectivity index (χ1n) is 7.69. The summed E-state index contributed by atoms with van der Waals surface area (Å²) >= 11 is 0. The molecule has 0 unspecified atom stereocenters. The maximum atomic E-state index is 12.5. The summed E-state index contributed by atoms with van der Waals surface area (Å²) in [5, 5.41) is 0. The molecule has 0 saturated carbocycles. The molecule has 2 aliphatic rings. The highest BCUT2D eigenvalue weighted by molar-refractivity contribution is 6.07. The third-order valence-corrected chi connectivity index (χ3v) is 4.04. The molecule has 4 heteroatoms. The lowest BCUT2D eigenvalue weighted by Gasteiger charge is -2.17. The van der Waals surface area contributed by atoms with Gasteiger partial charge in [-0.05, 0) is 56.1 Å². The monoisotopic (exact) mass is 326 g/mol. The number of ether oxygens (including phenoxy) is 2. The predicted molar refractivity (Wildman–Crippen MR) is 93.1 cm³/mol. The normalized spacial score (nSPS) is 17.8. The van der Waals surface area contributed by atoms with Gasteiger partial charge in [0.15, 0.2) is 0 Å². The van der Waals surface area contributed by atoms with Crippen LogP contribution in [-0.4, -0.2) is 26.2 Å². The van der Waals surface area contributed by atoms with Crippen LogP contribution in [0, 0.1) is 0 Å². The van der Waals surface area contributed by atoms with E-state index in [2.05, 4.69) is 6.08 Å². The van der Waals surface area contributed by atoms with Gasteiger partial charge in [0.25, 0.3) is 0 Å². The largest absolute Gasteiger partial charge is 0.465 e. The highest BCUT2D eigenvalue weighted by atomic mass is 16.5. The third-order valence-electron chi connectivity index (χ3n) is 4.04. The molecule has 0 amide bonds. The van der Waals surface area contributed by atoms with Gasteiger partial charge < -0.3 is 9.47 Å². The average molecular weight is 326 g/mol. The molecule has 2 aliphatic carbocycles. The fourth-order valence-corrected chi connectivity index (χ4v) is 3.09. The van der Waals surface area contributed by atoms with E-state index in [1.807, 2.05) is 39.8 Å². The van der Waals surface area contributed by atoms with Gasteiger partial charge in [-0.2, -0.15) is 0 Å². The van der Waals surface area contributed by atoms with Crippen molar-refractivity contribution in [3.8, 4) is 0 Å². The molecule has 0 radical (unpaired) electrons. The van der Waals surface area contributed by atoms with Crippen LogP contribution in [0.25, 0.3) is 0 Å². The highest BCUT2D eigenvalue weighted by Crippen LogP contribution is 2.38. The van der Waals surface area contributed by atoms with E-state index in [0.29, 0.717) is 5.57 Å². The Balaban J connectivity index is 2.94. The summed E-state index contributed by atoms with van der Waals surface area (Å²) in [7, 11) is 2.61. The molecule has 0 atom stereocenters. The van der Waals surface area contributed by atoms with Crippen molar-refractivity contribution in [3.63, 3.8) is 0 Å². The van der Waals surface area contributed by atoms with Crippen molar-refractivity contribution in [1.82, 2.24) is 0 Å². The number of hydrogen-bond acceptors (Lipinski definition) is 4. The standard InChI is InChI=1S/C20H22O4/c1-11-7-13(3)15-9-12(2)10-16(19(21)23-5)18(20(22)24-6)17(15)14(4)8-11/h7-10H,1-6H3. The topological polar surface area (TPSA) is 52.6 Å². The van der Waals surface area contributed by atoms with Gasteiger partial charge in [-0.25, -0.2) is 9.59 Å². The van der Waals surface area contributed by atoms with Crippen molar-refractivity contribution >= 4 is 11.9 Å². The zero-order valence-corrected chi connectivity index (χ0v) is 14.9. The molecule has 24 heavy (non-hydrogen) atoms. The van der Waals surface area contributed by atoms with Crippen molar-refractivity contribution in [2.45, 2.75) is 27.7 Å². The number of hydrogen-bond donors (Lipinski definition) is 0. The number of fused-ring (bicyclic) bond motifs is 1. The number of methoxy groups -OCH3 is 2. The second-order valence-corrected chi connectivity index (χ2v) is 5.99. The first-order valence-corrected chi connectivity index (χ1v) is 7.69. The summed E-state index contributed by atoms with van der Waals surface area (Å²) in [6.45, 7) is 7.82. The van der Waals surface area contributed by atoms with Gasteiger partial charge >= 0.3 is 11.9 Å². The first kappa shape index (κ1) is 17.7. The van der Waals surface area contributed by atoms with Gasteiger partial charge in [-0.1, -0.05) is 23.8 Å². The summed E-state index contributed by atoms with van der Waals surface area (Å²) in [5.74, 6) is -1.11. The Morgan fingerprint density at radius 1 is 0.792 bits per heavy atom. The summed E-state index contributed by atoms with van der Waals surface area (Å²) in [6.07, 6.45) is 7.71. The molecule has 126 valence electrons. The lowest BCUT2D eigenvalue weighted by molar-refractivity contribution is -0.138. The van der Waals surface area contributed by atoms with Gasteiger partial charge in [-0.3, -0.25) is 0 Å². The van der Waals surface area contributed by atoms with Crippen LogP contribution in [0.15, 0.2) is 68.9 Å². The zero-order chi connectivity index (χ0) is 18.0. The first-order chi connectivity index (χ1) is 11.3. The van der Waals surface area contributed by atoms with Crippen LogP contribution in [0.2, 0.25) is 0 Å². The van der Waals surface area contributed by atoms with Crippen LogP contribution in [0.5, 0.6) is 0 Å². The Kier molecular flexibility index (Phi) is 5.07. The Labute approximate surface area is 142 Å². The van der Waals surface area contributed by atoms with Crippen molar-refractivity contribution < 1.29 is 19.1 Å². The van der Waals surface area contributed by atoms with Crippen LogP contribution in [0.1, 0.15) is 27.7 Å². The average Bonchev–Trinajstić information content (AvgIpc) is 2.74. The molecule has 2 rings (SSSR count). The third kappa shape index (κ3) is 3.18. The minimum atomic E-state index is -0.559. The Morgan fingerprint density at radius 3 is 1.96 bits per heavy atom. The van der Waals surface area contributed by atoms with Gasteiger partial charge in [-0.15, -0.1) is 0 Å². The summed E-state index contributed by atoms with van der Waals surface area (Å²) in [6, 6.07) is 0. The second-order valence-electron chi connectivity index (χ2n) is 5.99. The Bertz CT molecular complexity index is 795. The molecule has 4 nitrogen and oxygen atoms in total. The molecule has 0 aromatic rings. The zero-order valence-electron chi connectivity index (χ0n) is 14.9. The maximum Gasteiger partial charge on any atom is 0.339 e. The molecule has 0 aromatic heterocycles.